The third-order valence-electron chi connectivity index (χ3n) is 3.96. The Morgan fingerprint density at radius 3 is 3.09 bits per heavy atom. The summed E-state index contributed by atoms with van der Waals surface area (Å²) in [6, 6.07) is 0. The Balaban J connectivity index is 1.85. The van der Waals surface area contributed by atoms with Gasteiger partial charge < -0.3 is 15.0 Å². The summed E-state index contributed by atoms with van der Waals surface area (Å²) >= 11 is 0. The number of aromatic nitrogens is 1. The molecule has 3 aliphatic rings. The molecule has 0 unspecified atom stereocenters. The van der Waals surface area contributed by atoms with Gasteiger partial charge in [0, 0.05) is 12.8 Å². The number of fused-ring (bicyclic) bond motifs is 1. The van der Waals surface area contributed by atoms with Gasteiger partial charge in [0.25, 0.3) is 0 Å². The van der Waals surface area contributed by atoms with Crippen LogP contribution in [0.15, 0.2) is 46.5 Å². The van der Waals surface area contributed by atoms with E-state index in [2.05, 4.69) is 26.8 Å². The van der Waals surface area contributed by atoms with Crippen LogP contribution in [0.2, 0.25) is 0 Å². The number of H-pyrrole nitrogens is 1. The van der Waals surface area contributed by atoms with E-state index >= 15 is 0 Å². The first-order chi connectivity index (χ1) is 11.3. The van der Waals surface area contributed by atoms with Crippen molar-refractivity contribution in [2.24, 2.45) is 4.99 Å². The van der Waals surface area contributed by atoms with Crippen molar-refractivity contribution in [1.82, 2.24) is 4.98 Å². The fourth-order valence-electron chi connectivity index (χ4n) is 2.91. The average molecular weight is 305 g/mol. The number of anilines is 1. The molecule has 4 rings (SSSR count). The molecule has 1 aliphatic carbocycles. The summed E-state index contributed by atoms with van der Waals surface area (Å²) < 4.78 is 5.35. The van der Waals surface area contributed by atoms with Gasteiger partial charge in [-0.15, -0.1) is 0 Å². The minimum absolute atomic E-state index is 0.0127. The summed E-state index contributed by atoms with van der Waals surface area (Å²) in [6.07, 6.45) is 10.2. The van der Waals surface area contributed by atoms with E-state index < -0.39 is 0 Å². The van der Waals surface area contributed by atoms with E-state index in [1.54, 1.807) is 6.08 Å². The second-order valence-electron chi connectivity index (χ2n) is 5.48. The molecule has 2 aliphatic heterocycles. The second kappa shape index (κ2) is 5.75. The third kappa shape index (κ3) is 2.54. The third-order valence-corrected chi connectivity index (χ3v) is 3.96. The Morgan fingerprint density at radius 2 is 2.30 bits per heavy atom. The largest absolute Gasteiger partial charge is 0.367 e. The molecular formula is C18H15N3O2. The molecule has 23 heavy (non-hydrogen) atoms. The van der Waals surface area contributed by atoms with Crippen LogP contribution in [0.3, 0.4) is 0 Å². The quantitative estimate of drug-likeness (QED) is 0.844. The fraction of sp³-hybridized carbons (Fsp3) is 0.222. The first-order valence-electron chi connectivity index (χ1n) is 7.53. The van der Waals surface area contributed by atoms with Crippen molar-refractivity contribution < 1.29 is 9.53 Å². The normalized spacial score (nSPS) is 18.7. The zero-order valence-corrected chi connectivity index (χ0v) is 12.5. The van der Waals surface area contributed by atoms with E-state index in [-0.39, 0.29) is 12.4 Å². The molecule has 0 spiro atoms. The van der Waals surface area contributed by atoms with E-state index in [1.165, 1.54) is 0 Å². The molecular weight excluding hydrogens is 290 g/mol. The van der Waals surface area contributed by atoms with Crippen LogP contribution in [0.4, 0.5) is 5.69 Å². The molecule has 0 aromatic carbocycles. The monoisotopic (exact) mass is 305 g/mol. The van der Waals surface area contributed by atoms with Crippen molar-refractivity contribution in [1.29, 1.82) is 0 Å². The zero-order valence-electron chi connectivity index (χ0n) is 12.5. The van der Waals surface area contributed by atoms with Crippen LogP contribution in [0, 0.1) is 0 Å². The maximum absolute atomic E-state index is 12.3. The molecule has 0 fully saturated rings. The molecule has 3 heterocycles. The molecule has 5 heteroatoms. The molecule has 0 saturated carbocycles. The first kappa shape index (κ1) is 13.8. The van der Waals surface area contributed by atoms with E-state index in [9.17, 15) is 4.79 Å². The topological polar surface area (TPSA) is 66.5 Å². The number of ether oxygens (including phenoxy) is 1. The number of aromatic amines is 1. The highest BCUT2D eigenvalue weighted by Gasteiger charge is 2.28. The van der Waals surface area contributed by atoms with E-state index in [1.807, 2.05) is 24.4 Å². The van der Waals surface area contributed by atoms with Crippen molar-refractivity contribution in [3.05, 3.63) is 58.4 Å². The minimum atomic E-state index is -0.0127. The van der Waals surface area contributed by atoms with Gasteiger partial charge in [-0.1, -0.05) is 11.8 Å². The smallest absolute Gasteiger partial charge is 0.192 e. The number of hydrogen-bond donors (Lipinski definition) is 2. The van der Waals surface area contributed by atoms with E-state index in [0.29, 0.717) is 12.2 Å². The Hall–Kier alpha value is -2.84. The number of carbonyl (C=O) groups excluding carboxylic acids is 1. The van der Waals surface area contributed by atoms with Gasteiger partial charge in [-0.2, -0.15) is 0 Å². The first-order valence-corrected chi connectivity index (χ1v) is 7.53. The maximum atomic E-state index is 12.3. The Bertz CT molecular complexity index is 870. The van der Waals surface area contributed by atoms with Gasteiger partial charge in [-0.3, -0.25) is 9.79 Å². The summed E-state index contributed by atoms with van der Waals surface area (Å²) in [5.74, 6) is -0.0127. The van der Waals surface area contributed by atoms with Gasteiger partial charge in [0.15, 0.2) is 5.78 Å². The van der Waals surface area contributed by atoms with Gasteiger partial charge in [-0.05, 0) is 36.0 Å². The number of nitrogens with one attached hydrogen (secondary N) is 2. The van der Waals surface area contributed by atoms with Crippen LogP contribution in [-0.2, 0) is 11.3 Å². The van der Waals surface area contributed by atoms with Crippen LogP contribution in [0.1, 0.15) is 28.2 Å². The van der Waals surface area contributed by atoms with Crippen LogP contribution < -0.4 is 5.32 Å². The van der Waals surface area contributed by atoms with Crippen LogP contribution >= 0.6 is 0 Å². The molecule has 5 nitrogen and oxygen atoms in total. The van der Waals surface area contributed by atoms with Crippen LogP contribution in [0.5, 0.6) is 0 Å². The fourth-order valence-corrected chi connectivity index (χ4v) is 2.91. The number of hydrogen-bond acceptors (Lipinski definition) is 4. The number of allylic oxidation sites excluding steroid dienone is 4. The van der Waals surface area contributed by atoms with Crippen molar-refractivity contribution >= 4 is 23.3 Å². The summed E-state index contributed by atoms with van der Waals surface area (Å²) in [7, 11) is 0. The molecule has 1 aromatic heterocycles. The summed E-state index contributed by atoms with van der Waals surface area (Å²) in [5, 5.41) is 3.33. The predicted octanol–water partition coefficient (Wildman–Crippen LogP) is 2.76. The zero-order chi connectivity index (χ0) is 15.6. The number of carbonyl (C=O) groups is 1. The predicted molar refractivity (Wildman–Crippen MR) is 88.6 cm³/mol. The molecule has 2 N–H and O–H groups in total. The van der Waals surface area contributed by atoms with Gasteiger partial charge in [-0.25, -0.2) is 0 Å². The summed E-state index contributed by atoms with van der Waals surface area (Å²) in [5.41, 5.74) is 11.1. The number of Topliss-reactive ketones (excluding diaryl/α,β-unsaturated/α-hetero) is 1. The number of ketones is 1. The Labute approximate surface area is 133 Å². The lowest BCUT2D eigenvalue weighted by molar-refractivity contribution is 0.0660. The Morgan fingerprint density at radius 1 is 1.35 bits per heavy atom. The molecule has 114 valence electrons. The SMILES string of the molecule is O=C1COCc2[nH]c(C3=CC=NCC3)c(NC3=C=C=CC=C3)c21. The second-order valence-corrected chi connectivity index (χ2v) is 5.48. The highest BCUT2D eigenvalue weighted by atomic mass is 16.5. The Kier molecular flexibility index (Phi) is 3.45. The molecule has 1 aromatic rings. The minimum Gasteiger partial charge on any atom is -0.367 e. The van der Waals surface area contributed by atoms with Crippen molar-refractivity contribution in [2.45, 2.75) is 13.0 Å². The standard InChI is InChI=1S/C18H15N3O2/c22-15-11-23-10-14-16(15)18(20-13-4-2-1-3-5-13)17(21-14)12-6-8-19-9-7-12/h1-2,4,6,8,20-21H,7,9-11H2. The van der Waals surface area contributed by atoms with Crippen molar-refractivity contribution in [2.75, 3.05) is 18.5 Å². The molecule has 0 amide bonds. The highest BCUT2D eigenvalue weighted by molar-refractivity contribution is 6.07. The maximum Gasteiger partial charge on any atom is 0.192 e. The van der Waals surface area contributed by atoms with Gasteiger partial charge in [0.1, 0.15) is 6.61 Å². The number of aliphatic imine (C=N–C) groups is 1. The molecule has 0 saturated heterocycles. The van der Waals surface area contributed by atoms with Crippen LogP contribution in [0.25, 0.3) is 5.57 Å². The highest BCUT2D eigenvalue weighted by Crippen LogP contribution is 2.35. The molecule has 0 radical (unpaired) electrons. The lowest BCUT2D eigenvalue weighted by atomic mass is 10.0. The number of nitrogens with zero attached hydrogens (tertiary/aromatic N) is 1. The molecule has 0 bridgehead atoms. The van der Waals surface area contributed by atoms with Gasteiger partial charge in [0.05, 0.1) is 34.9 Å². The number of rotatable bonds is 3. The van der Waals surface area contributed by atoms with Gasteiger partial charge in [0.2, 0.25) is 0 Å². The lowest BCUT2D eigenvalue weighted by Crippen LogP contribution is -2.18. The summed E-state index contributed by atoms with van der Waals surface area (Å²) in [6.45, 7) is 1.29. The summed E-state index contributed by atoms with van der Waals surface area (Å²) in [4.78, 5) is 19.9. The average Bonchev–Trinajstić information content (AvgIpc) is 2.96. The molecule has 0 atom stereocenters. The van der Waals surface area contributed by atoms with Crippen LogP contribution in [-0.4, -0.2) is 30.1 Å². The van der Waals surface area contributed by atoms with E-state index in [4.69, 9.17) is 4.74 Å². The number of dihydropyridines is 1. The van der Waals surface area contributed by atoms with Crippen molar-refractivity contribution in [3.63, 3.8) is 0 Å². The van der Waals surface area contributed by atoms with Gasteiger partial charge >= 0.3 is 0 Å². The van der Waals surface area contributed by atoms with E-state index in [0.717, 1.165) is 41.3 Å². The lowest BCUT2D eigenvalue weighted by Gasteiger charge is -2.15. The van der Waals surface area contributed by atoms with Crippen molar-refractivity contribution in [3.8, 4) is 0 Å².